The Hall–Kier alpha value is -1.93. The van der Waals surface area contributed by atoms with Crippen molar-refractivity contribution < 1.29 is 13.2 Å². The van der Waals surface area contributed by atoms with E-state index in [2.05, 4.69) is 31.0 Å². The highest BCUT2D eigenvalue weighted by atomic mass is 79.9. The van der Waals surface area contributed by atoms with Gasteiger partial charge in [-0.15, -0.1) is 0 Å². The van der Waals surface area contributed by atoms with Gasteiger partial charge in [0, 0.05) is 12.6 Å². The number of hydrogen-bond acceptors (Lipinski definition) is 4. The Balaban J connectivity index is 2.25. The van der Waals surface area contributed by atoms with Gasteiger partial charge in [-0.1, -0.05) is 6.07 Å². The number of hydrogen-bond donors (Lipinski definition) is 2. The van der Waals surface area contributed by atoms with Crippen LogP contribution in [-0.4, -0.2) is 26.4 Å². The lowest BCUT2D eigenvalue weighted by Gasteiger charge is -2.08. The summed E-state index contributed by atoms with van der Waals surface area (Å²) < 4.78 is 27.3. The highest BCUT2D eigenvalue weighted by Crippen LogP contribution is 2.17. The highest BCUT2D eigenvalue weighted by Gasteiger charge is 2.15. The van der Waals surface area contributed by atoms with Crippen LogP contribution in [0, 0.1) is 0 Å². The summed E-state index contributed by atoms with van der Waals surface area (Å²) >= 11 is 3.17. The van der Waals surface area contributed by atoms with Crippen LogP contribution >= 0.6 is 15.9 Å². The number of nitrogens with one attached hydrogen (secondary N) is 2. The number of nitrogens with zero attached hydrogens (tertiary/aromatic N) is 1. The molecule has 21 heavy (non-hydrogen) atoms. The molecule has 0 saturated carbocycles. The van der Waals surface area contributed by atoms with Crippen molar-refractivity contribution in [1.29, 1.82) is 0 Å². The maximum absolute atomic E-state index is 12.2. The average Bonchev–Trinajstić information content (AvgIpc) is 2.46. The first-order chi connectivity index (χ1) is 9.92. The fraction of sp³-hybridized carbons (Fsp3) is 0.0769. The number of amides is 1. The van der Waals surface area contributed by atoms with Gasteiger partial charge >= 0.3 is 0 Å². The Morgan fingerprint density at radius 2 is 1.81 bits per heavy atom. The zero-order valence-electron chi connectivity index (χ0n) is 11.0. The lowest BCUT2D eigenvalue weighted by molar-refractivity contribution is 0.0963. The Kier molecular flexibility index (Phi) is 4.59. The summed E-state index contributed by atoms with van der Waals surface area (Å²) in [7, 11) is -2.24. The Morgan fingerprint density at radius 1 is 1.14 bits per heavy atom. The molecule has 1 aromatic heterocycles. The lowest BCUT2D eigenvalue weighted by atomic mass is 10.2. The number of pyridine rings is 1. The van der Waals surface area contributed by atoms with E-state index >= 15 is 0 Å². The van der Waals surface area contributed by atoms with Crippen molar-refractivity contribution >= 4 is 37.7 Å². The first-order valence-corrected chi connectivity index (χ1v) is 8.17. The number of carbonyl (C=O) groups is 1. The van der Waals surface area contributed by atoms with E-state index in [0.717, 1.165) is 0 Å². The molecule has 0 bridgehead atoms. The zero-order valence-corrected chi connectivity index (χ0v) is 13.4. The average molecular weight is 370 g/mol. The van der Waals surface area contributed by atoms with E-state index in [9.17, 15) is 13.2 Å². The Morgan fingerprint density at radius 3 is 2.38 bits per heavy atom. The maximum atomic E-state index is 12.2. The van der Waals surface area contributed by atoms with Crippen LogP contribution in [0.1, 0.15) is 10.4 Å². The number of anilines is 1. The Bertz CT molecular complexity index is 760. The maximum Gasteiger partial charge on any atom is 0.263 e. The molecule has 1 amide bonds. The minimum atomic E-state index is -3.74. The molecule has 6 nitrogen and oxygen atoms in total. The molecule has 0 unspecified atom stereocenters. The van der Waals surface area contributed by atoms with E-state index in [-0.39, 0.29) is 16.6 Å². The highest BCUT2D eigenvalue weighted by molar-refractivity contribution is 9.10. The third-order valence-electron chi connectivity index (χ3n) is 2.61. The normalized spacial score (nSPS) is 11.0. The van der Waals surface area contributed by atoms with E-state index in [4.69, 9.17) is 0 Å². The second-order valence-corrected chi connectivity index (χ2v) is 6.55. The van der Waals surface area contributed by atoms with Gasteiger partial charge in [0.05, 0.1) is 4.90 Å². The first kappa shape index (κ1) is 15.5. The molecule has 0 saturated heterocycles. The second kappa shape index (κ2) is 6.23. The molecule has 8 heteroatoms. The number of halogens is 1. The van der Waals surface area contributed by atoms with Crippen molar-refractivity contribution in [2.75, 3.05) is 11.8 Å². The van der Waals surface area contributed by atoms with E-state index in [1.165, 1.54) is 31.3 Å². The van der Waals surface area contributed by atoms with E-state index in [1.54, 1.807) is 18.2 Å². The summed E-state index contributed by atoms with van der Waals surface area (Å²) in [4.78, 5) is 15.5. The molecule has 0 fully saturated rings. The summed E-state index contributed by atoms with van der Waals surface area (Å²) in [6, 6.07) is 10.5. The Labute approximate surface area is 130 Å². The smallest absolute Gasteiger partial charge is 0.263 e. The predicted molar refractivity (Wildman–Crippen MR) is 82.6 cm³/mol. The standard InChI is InChI=1S/C13H12BrN3O3S/c1-15-13(18)9-5-7-10(8-6-9)21(19,20)17-12-4-2-3-11(14)16-12/h2-8H,1H3,(H,15,18)(H,16,17). The fourth-order valence-corrected chi connectivity index (χ4v) is 2.94. The largest absolute Gasteiger partial charge is 0.355 e. The van der Waals surface area contributed by atoms with Crippen molar-refractivity contribution in [2.24, 2.45) is 0 Å². The fourth-order valence-electron chi connectivity index (χ4n) is 1.59. The molecule has 0 atom stereocenters. The number of rotatable bonds is 4. The molecule has 0 radical (unpaired) electrons. The molecule has 1 aromatic carbocycles. The monoisotopic (exact) mass is 369 g/mol. The van der Waals surface area contributed by atoms with Crippen molar-refractivity contribution in [3.05, 3.63) is 52.6 Å². The van der Waals surface area contributed by atoms with Crippen molar-refractivity contribution in [2.45, 2.75) is 4.90 Å². The van der Waals surface area contributed by atoms with Crippen LogP contribution in [0.25, 0.3) is 0 Å². The molecular weight excluding hydrogens is 358 g/mol. The molecule has 2 aromatic rings. The summed E-state index contributed by atoms with van der Waals surface area (Å²) in [6.07, 6.45) is 0. The van der Waals surface area contributed by atoms with E-state index in [1.807, 2.05) is 0 Å². The van der Waals surface area contributed by atoms with Crippen LogP contribution in [0.4, 0.5) is 5.82 Å². The van der Waals surface area contributed by atoms with Crippen LogP contribution in [0.2, 0.25) is 0 Å². The van der Waals surface area contributed by atoms with Crippen LogP contribution in [0.15, 0.2) is 52.0 Å². The second-order valence-electron chi connectivity index (χ2n) is 4.05. The van der Waals surface area contributed by atoms with Gasteiger partial charge in [-0.25, -0.2) is 13.4 Å². The van der Waals surface area contributed by atoms with Gasteiger partial charge in [0.15, 0.2) is 0 Å². The summed E-state index contributed by atoms with van der Waals surface area (Å²) in [5.41, 5.74) is 0.386. The van der Waals surface area contributed by atoms with Gasteiger partial charge in [-0.2, -0.15) is 0 Å². The minimum Gasteiger partial charge on any atom is -0.355 e. The molecule has 0 spiro atoms. The summed E-state index contributed by atoms with van der Waals surface area (Å²) in [5.74, 6) is -0.0692. The van der Waals surface area contributed by atoms with Crippen LogP contribution < -0.4 is 10.0 Å². The minimum absolute atomic E-state index is 0.0527. The molecule has 110 valence electrons. The van der Waals surface area contributed by atoms with Gasteiger partial charge < -0.3 is 5.32 Å². The first-order valence-electron chi connectivity index (χ1n) is 5.90. The quantitative estimate of drug-likeness (QED) is 0.806. The van der Waals surface area contributed by atoms with E-state index < -0.39 is 10.0 Å². The molecule has 2 rings (SSSR count). The van der Waals surface area contributed by atoms with Crippen LogP contribution in [0.5, 0.6) is 0 Å². The summed E-state index contributed by atoms with van der Waals surface area (Å²) in [6.45, 7) is 0. The van der Waals surface area contributed by atoms with Crippen molar-refractivity contribution in [3.63, 3.8) is 0 Å². The van der Waals surface area contributed by atoms with Gasteiger partial charge in [0.1, 0.15) is 10.4 Å². The third kappa shape index (κ3) is 3.79. The van der Waals surface area contributed by atoms with Crippen molar-refractivity contribution in [3.8, 4) is 0 Å². The number of benzene rings is 1. The van der Waals surface area contributed by atoms with Crippen molar-refractivity contribution in [1.82, 2.24) is 10.3 Å². The van der Waals surface area contributed by atoms with Gasteiger partial charge in [-0.05, 0) is 52.3 Å². The number of sulfonamides is 1. The SMILES string of the molecule is CNC(=O)c1ccc(S(=O)(=O)Nc2cccc(Br)n2)cc1. The van der Waals surface area contributed by atoms with Gasteiger partial charge in [0.2, 0.25) is 0 Å². The molecule has 2 N–H and O–H groups in total. The number of aromatic nitrogens is 1. The molecule has 1 heterocycles. The molecule has 0 aliphatic heterocycles. The predicted octanol–water partition coefficient (Wildman–Crippen LogP) is 2.00. The topological polar surface area (TPSA) is 88.2 Å². The summed E-state index contributed by atoms with van der Waals surface area (Å²) in [5, 5.41) is 2.47. The van der Waals surface area contributed by atoms with Crippen LogP contribution in [-0.2, 0) is 10.0 Å². The molecule has 0 aliphatic carbocycles. The lowest BCUT2D eigenvalue weighted by Crippen LogP contribution is -2.18. The van der Waals surface area contributed by atoms with Crippen LogP contribution in [0.3, 0.4) is 0 Å². The number of carbonyl (C=O) groups excluding carboxylic acids is 1. The molecular formula is C13H12BrN3O3S. The third-order valence-corrected chi connectivity index (χ3v) is 4.42. The zero-order chi connectivity index (χ0) is 15.5. The van der Waals surface area contributed by atoms with Gasteiger partial charge in [-0.3, -0.25) is 9.52 Å². The van der Waals surface area contributed by atoms with Gasteiger partial charge in [0.25, 0.3) is 15.9 Å². The van der Waals surface area contributed by atoms with E-state index in [0.29, 0.717) is 10.2 Å². The molecule has 0 aliphatic rings.